The lowest BCUT2D eigenvalue weighted by molar-refractivity contribution is -0.128. The summed E-state index contributed by atoms with van der Waals surface area (Å²) in [6.45, 7) is 6.14. The van der Waals surface area contributed by atoms with E-state index in [1.807, 2.05) is 19.9 Å². The molecule has 1 unspecified atom stereocenters. The normalized spacial score (nSPS) is 27.3. The van der Waals surface area contributed by atoms with E-state index in [1.54, 1.807) is 14.2 Å². The smallest absolute Gasteiger partial charge is 0.265 e. The Kier molecular flexibility index (Phi) is 6.59. The lowest BCUT2D eigenvalue weighted by Gasteiger charge is -2.42. The summed E-state index contributed by atoms with van der Waals surface area (Å²) >= 11 is 0. The molecule has 2 aliphatic carbocycles. The van der Waals surface area contributed by atoms with Crippen molar-refractivity contribution in [2.75, 3.05) is 33.3 Å². The van der Waals surface area contributed by atoms with E-state index in [1.165, 1.54) is 22.3 Å². The third kappa shape index (κ3) is 4.26. The second kappa shape index (κ2) is 9.63. The van der Waals surface area contributed by atoms with Crippen LogP contribution in [0, 0.1) is 16.7 Å². The zero-order chi connectivity index (χ0) is 28.4. The average Bonchev–Trinajstić information content (AvgIpc) is 3.52. The van der Waals surface area contributed by atoms with Crippen molar-refractivity contribution >= 4 is 15.9 Å². The van der Waals surface area contributed by atoms with E-state index in [2.05, 4.69) is 23.1 Å². The van der Waals surface area contributed by atoms with Crippen LogP contribution in [0.5, 0.6) is 23.0 Å². The molecule has 9 nitrogen and oxygen atoms in total. The van der Waals surface area contributed by atoms with E-state index >= 15 is 0 Å². The van der Waals surface area contributed by atoms with Gasteiger partial charge < -0.3 is 18.9 Å². The van der Waals surface area contributed by atoms with Gasteiger partial charge in [-0.3, -0.25) is 14.2 Å². The molecule has 7 rings (SSSR count). The number of Topliss-reactive ketones (excluding diaryl/α,β-unsaturated/α-hetero) is 1. The molecule has 5 aliphatic rings. The summed E-state index contributed by atoms with van der Waals surface area (Å²) in [4.78, 5) is 14.4. The largest absolute Gasteiger partial charge is 0.493 e. The Balaban J connectivity index is 0.000000165. The Labute approximate surface area is 235 Å². The molecule has 2 bridgehead atoms. The standard InChI is InChI=1S/C20H21NO4.C10H16O4S/c1-22-17-4-3-12-7-16-14-9-19-18(24-11-25-19)8-13(14)5-6-21(16)10-15(12)20(17)23-2;1-9(2)7-3-4-10(9,8(11)5-7)6-15(12,13)14/h3-4,8-9,16H,5-7,10-11H2,1-2H3;7H,3-6H2,1-2H3,(H,12,13,14)/t16-;7?,10-/m00/s1. The highest BCUT2D eigenvalue weighted by atomic mass is 32.2. The number of carbonyl (C=O) groups is 1. The molecular formula is C30H37NO8S. The summed E-state index contributed by atoms with van der Waals surface area (Å²) in [6, 6.07) is 8.91. The molecule has 0 spiro atoms. The molecule has 1 N–H and O–H groups in total. The maximum atomic E-state index is 11.9. The fourth-order valence-corrected chi connectivity index (χ4v) is 9.10. The van der Waals surface area contributed by atoms with Gasteiger partial charge in [0.05, 0.1) is 25.4 Å². The van der Waals surface area contributed by atoms with Crippen LogP contribution >= 0.6 is 0 Å². The van der Waals surface area contributed by atoms with Gasteiger partial charge in [0.2, 0.25) is 6.79 Å². The van der Waals surface area contributed by atoms with Crippen molar-refractivity contribution in [1.82, 2.24) is 4.90 Å². The molecule has 40 heavy (non-hydrogen) atoms. The van der Waals surface area contributed by atoms with Crippen molar-refractivity contribution in [3.05, 3.63) is 46.5 Å². The summed E-state index contributed by atoms with van der Waals surface area (Å²) < 4.78 is 53.3. The molecule has 3 atom stereocenters. The molecule has 3 aliphatic heterocycles. The van der Waals surface area contributed by atoms with Crippen LogP contribution in [0.3, 0.4) is 0 Å². The van der Waals surface area contributed by atoms with Crippen molar-refractivity contribution in [1.29, 1.82) is 0 Å². The van der Waals surface area contributed by atoms with Gasteiger partial charge in [-0.2, -0.15) is 8.42 Å². The summed E-state index contributed by atoms with van der Waals surface area (Å²) in [5.74, 6) is 3.33. The van der Waals surface area contributed by atoms with E-state index in [-0.39, 0.29) is 17.1 Å². The maximum Gasteiger partial charge on any atom is 0.265 e. The summed E-state index contributed by atoms with van der Waals surface area (Å²) in [7, 11) is -0.667. The van der Waals surface area contributed by atoms with Gasteiger partial charge in [-0.25, -0.2) is 0 Å². The predicted molar refractivity (Wildman–Crippen MR) is 148 cm³/mol. The van der Waals surface area contributed by atoms with E-state index in [0.29, 0.717) is 25.7 Å². The van der Waals surface area contributed by atoms with Crippen molar-refractivity contribution in [2.45, 2.75) is 58.5 Å². The van der Waals surface area contributed by atoms with Crippen LogP contribution in [0.4, 0.5) is 0 Å². The zero-order valence-electron chi connectivity index (χ0n) is 23.5. The Morgan fingerprint density at radius 2 is 1.82 bits per heavy atom. The summed E-state index contributed by atoms with van der Waals surface area (Å²) in [5.41, 5.74) is 4.22. The molecule has 0 aromatic heterocycles. The van der Waals surface area contributed by atoms with Crippen LogP contribution in [0.1, 0.15) is 61.4 Å². The molecule has 2 aromatic carbocycles. The zero-order valence-corrected chi connectivity index (χ0v) is 24.3. The Hall–Kier alpha value is -2.82. The van der Waals surface area contributed by atoms with Gasteiger partial charge in [-0.05, 0) is 71.9 Å². The van der Waals surface area contributed by atoms with Crippen LogP contribution in [-0.2, 0) is 34.3 Å². The van der Waals surface area contributed by atoms with Gasteiger partial charge in [0.25, 0.3) is 10.1 Å². The fourth-order valence-electron chi connectivity index (χ4n) is 7.80. The average molecular weight is 572 g/mol. The van der Waals surface area contributed by atoms with E-state index < -0.39 is 21.3 Å². The number of rotatable bonds is 4. The number of ketones is 1. The predicted octanol–water partition coefficient (Wildman–Crippen LogP) is 4.36. The second-order valence-corrected chi connectivity index (χ2v) is 13.6. The maximum absolute atomic E-state index is 11.9. The third-order valence-corrected chi connectivity index (χ3v) is 11.0. The number of carbonyl (C=O) groups excluding carboxylic acids is 1. The number of hydrogen-bond acceptors (Lipinski definition) is 8. The fraction of sp³-hybridized carbons (Fsp3) is 0.567. The van der Waals surface area contributed by atoms with Gasteiger partial charge >= 0.3 is 0 Å². The highest BCUT2D eigenvalue weighted by Gasteiger charge is 2.65. The van der Waals surface area contributed by atoms with Crippen molar-refractivity contribution in [2.24, 2.45) is 16.7 Å². The van der Waals surface area contributed by atoms with Crippen LogP contribution in [0.2, 0.25) is 0 Å². The first kappa shape index (κ1) is 27.4. The topological polar surface area (TPSA) is 112 Å². The van der Waals surface area contributed by atoms with Crippen LogP contribution in [0.25, 0.3) is 0 Å². The molecular weight excluding hydrogens is 534 g/mol. The SMILES string of the molecule is CC1(C)C2CC[C@]1(CS(=O)(=O)O)C(=O)C2.COc1ccc2c(c1OC)CN1CCc3cc4c(cc3[C@@H]1C2)OCO4. The van der Waals surface area contributed by atoms with Gasteiger partial charge in [0, 0.05) is 31.1 Å². The number of fused-ring (bicyclic) bond motifs is 7. The summed E-state index contributed by atoms with van der Waals surface area (Å²) in [6.07, 6.45) is 3.98. The first-order valence-electron chi connectivity index (χ1n) is 13.8. The summed E-state index contributed by atoms with van der Waals surface area (Å²) in [5, 5.41) is 0. The molecule has 2 fully saturated rings. The number of hydrogen-bond donors (Lipinski definition) is 1. The molecule has 2 aromatic rings. The first-order valence-corrected chi connectivity index (χ1v) is 15.5. The monoisotopic (exact) mass is 571 g/mol. The minimum atomic E-state index is -4.08. The molecule has 0 radical (unpaired) electrons. The number of methoxy groups -OCH3 is 2. The Bertz CT molecular complexity index is 1470. The van der Waals surface area contributed by atoms with Gasteiger partial charge in [0.15, 0.2) is 23.0 Å². The van der Waals surface area contributed by atoms with E-state index in [4.69, 9.17) is 23.5 Å². The number of ether oxygens (including phenoxy) is 4. The second-order valence-electron chi connectivity index (χ2n) is 12.2. The van der Waals surface area contributed by atoms with Crippen molar-refractivity contribution < 1.29 is 36.7 Å². The lowest BCUT2D eigenvalue weighted by Crippen LogP contribution is -2.42. The van der Waals surface area contributed by atoms with Gasteiger partial charge in [-0.1, -0.05) is 19.9 Å². The van der Waals surface area contributed by atoms with E-state index in [0.717, 1.165) is 55.4 Å². The molecule has 3 heterocycles. The highest BCUT2D eigenvalue weighted by molar-refractivity contribution is 7.85. The number of nitrogens with zero attached hydrogens (tertiary/aromatic N) is 1. The minimum absolute atomic E-state index is 0.0152. The molecule has 0 amide bonds. The molecule has 2 saturated carbocycles. The van der Waals surface area contributed by atoms with Crippen LogP contribution in [-0.4, -0.2) is 57.0 Å². The van der Waals surface area contributed by atoms with Crippen molar-refractivity contribution in [3.8, 4) is 23.0 Å². The third-order valence-electron chi connectivity index (χ3n) is 10.2. The highest BCUT2D eigenvalue weighted by Crippen LogP contribution is 2.64. The van der Waals surface area contributed by atoms with Gasteiger partial charge in [0.1, 0.15) is 5.78 Å². The molecule has 216 valence electrons. The van der Waals surface area contributed by atoms with Crippen LogP contribution < -0.4 is 18.9 Å². The van der Waals surface area contributed by atoms with E-state index in [9.17, 15) is 13.2 Å². The van der Waals surface area contributed by atoms with Crippen molar-refractivity contribution in [3.63, 3.8) is 0 Å². The molecule has 0 saturated heterocycles. The molecule has 10 heteroatoms. The minimum Gasteiger partial charge on any atom is -0.493 e. The van der Waals surface area contributed by atoms with Crippen LogP contribution in [0.15, 0.2) is 24.3 Å². The number of benzene rings is 2. The quantitative estimate of drug-likeness (QED) is 0.535. The Morgan fingerprint density at radius 3 is 2.45 bits per heavy atom. The Morgan fingerprint density at radius 1 is 1.07 bits per heavy atom. The first-order chi connectivity index (χ1) is 19.0. The lowest BCUT2D eigenvalue weighted by atomic mass is 9.70. The van der Waals surface area contributed by atoms with Gasteiger partial charge in [-0.15, -0.1) is 0 Å².